The molecule has 10 heteroatoms. The molecule has 3 fully saturated rings. The summed E-state index contributed by atoms with van der Waals surface area (Å²) < 4.78 is 14.1. The third-order valence-corrected chi connectivity index (χ3v) is 10.1. The number of hydrogen-bond acceptors (Lipinski definition) is 7. The maximum Gasteiger partial charge on any atom is 0.228 e. The zero-order valence-corrected chi connectivity index (χ0v) is 22.7. The van der Waals surface area contributed by atoms with Crippen LogP contribution < -0.4 is 15.5 Å². The second kappa shape index (κ2) is 10.8. The highest BCUT2D eigenvalue weighted by molar-refractivity contribution is 8.01. The topological polar surface area (TPSA) is 112 Å². The summed E-state index contributed by atoms with van der Waals surface area (Å²) in [6, 6.07) is 19.0. The van der Waals surface area contributed by atoms with E-state index in [2.05, 4.69) is 22.8 Å². The Kier molecular flexibility index (Phi) is 7.42. The van der Waals surface area contributed by atoms with Crippen LogP contribution in [0, 0.1) is 46.2 Å². The van der Waals surface area contributed by atoms with Crippen LogP contribution in [-0.4, -0.2) is 59.6 Å². The number of halogens is 1. The first-order chi connectivity index (χ1) is 18.8. The Morgan fingerprint density at radius 1 is 1.26 bits per heavy atom. The average molecular weight is 547 g/mol. The van der Waals surface area contributed by atoms with Crippen molar-refractivity contribution >= 4 is 35.0 Å². The number of carbonyl (C=O) groups excluding carboxylic acids is 2. The highest BCUT2D eigenvalue weighted by Crippen LogP contribution is 2.68. The molecule has 2 amide bonds. The van der Waals surface area contributed by atoms with E-state index < -0.39 is 16.7 Å². The highest BCUT2D eigenvalue weighted by Gasteiger charge is 2.77. The van der Waals surface area contributed by atoms with Crippen molar-refractivity contribution in [3.05, 3.63) is 59.9 Å². The van der Waals surface area contributed by atoms with Gasteiger partial charge in [-0.3, -0.25) is 9.59 Å². The smallest absolute Gasteiger partial charge is 0.228 e. The molecule has 3 aliphatic rings. The van der Waals surface area contributed by atoms with Crippen molar-refractivity contribution in [1.29, 1.82) is 10.5 Å². The van der Waals surface area contributed by atoms with Crippen LogP contribution >= 0.6 is 11.8 Å². The molecule has 202 valence electrons. The van der Waals surface area contributed by atoms with Gasteiger partial charge >= 0.3 is 0 Å². The van der Waals surface area contributed by atoms with Crippen molar-refractivity contribution < 1.29 is 14.0 Å². The minimum atomic E-state index is -0.888. The molecular weight excluding hydrogens is 515 g/mol. The molecule has 2 aromatic rings. The van der Waals surface area contributed by atoms with Crippen molar-refractivity contribution in [1.82, 2.24) is 10.2 Å². The number of nitriles is 2. The van der Waals surface area contributed by atoms with Crippen LogP contribution in [0.15, 0.2) is 48.5 Å². The molecule has 2 saturated carbocycles. The summed E-state index contributed by atoms with van der Waals surface area (Å²) in [5, 5.41) is 24.8. The fourth-order valence-corrected chi connectivity index (χ4v) is 8.19. The van der Waals surface area contributed by atoms with Crippen molar-refractivity contribution in [2.45, 2.75) is 35.9 Å². The average Bonchev–Trinajstić information content (AvgIpc) is 3.58. The maximum absolute atomic E-state index is 14.1. The first kappa shape index (κ1) is 26.8. The van der Waals surface area contributed by atoms with Gasteiger partial charge in [0.05, 0.1) is 35.6 Å². The minimum absolute atomic E-state index is 0.0000604. The molecule has 2 aliphatic carbocycles. The van der Waals surface area contributed by atoms with Gasteiger partial charge in [-0.2, -0.15) is 10.5 Å². The fourth-order valence-electron chi connectivity index (χ4n) is 6.02. The fraction of sp³-hybridized carbons (Fsp3) is 0.448. The molecule has 2 N–H and O–H groups in total. The van der Waals surface area contributed by atoms with Crippen molar-refractivity contribution in [3.8, 4) is 12.1 Å². The third kappa shape index (κ3) is 4.68. The predicted molar refractivity (Wildman–Crippen MR) is 148 cm³/mol. The second-order valence-electron chi connectivity index (χ2n) is 10.3. The van der Waals surface area contributed by atoms with Gasteiger partial charge in [0.2, 0.25) is 11.8 Å². The Morgan fingerprint density at radius 3 is 2.77 bits per heavy atom. The summed E-state index contributed by atoms with van der Waals surface area (Å²) >= 11 is 1.57. The van der Waals surface area contributed by atoms with E-state index >= 15 is 0 Å². The van der Waals surface area contributed by atoms with Crippen molar-refractivity contribution in [2.24, 2.45) is 17.8 Å². The minimum Gasteiger partial charge on any atom is -0.381 e. The van der Waals surface area contributed by atoms with Gasteiger partial charge in [-0.25, -0.2) is 4.39 Å². The molecule has 0 bridgehead atoms. The van der Waals surface area contributed by atoms with E-state index in [1.807, 2.05) is 49.2 Å². The summed E-state index contributed by atoms with van der Waals surface area (Å²) in [6.07, 6.45) is 1.42. The van der Waals surface area contributed by atoms with E-state index in [9.17, 15) is 19.2 Å². The number of amides is 2. The molecule has 6 atom stereocenters. The number of rotatable bonds is 9. The molecule has 6 unspecified atom stereocenters. The molecule has 1 saturated heterocycles. The van der Waals surface area contributed by atoms with Gasteiger partial charge in [-0.1, -0.05) is 24.3 Å². The molecule has 1 aliphatic heterocycles. The molecule has 2 aromatic carbocycles. The number of benzene rings is 2. The third-order valence-electron chi connectivity index (χ3n) is 8.10. The number of thioether (sulfide) groups is 1. The number of para-hydroxylation sites is 1. The number of likely N-dealkylation sites (N-methyl/N-ethyl adjacent to an activating group) is 1. The van der Waals surface area contributed by atoms with Crippen LogP contribution in [0.2, 0.25) is 0 Å². The zero-order chi connectivity index (χ0) is 27.7. The van der Waals surface area contributed by atoms with Gasteiger partial charge in [-0.05, 0) is 49.6 Å². The first-order valence-corrected chi connectivity index (χ1v) is 14.1. The number of fused-ring (bicyclic) bond motifs is 1. The summed E-state index contributed by atoms with van der Waals surface area (Å²) in [7, 11) is 1.88. The maximum atomic E-state index is 14.1. The summed E-state index contributed by atoms with van der Waals surface area (Å²) in [5.74, 6) is -2.01. The first-order valence-electron chi connectivity index (χ1n) is 13.2. The zero-order valence-electron chi connectivity index (χ0n) is 21.9. The summed E-state index contributed by atoms with van der Waals surface area (Å²) in [4.78, 5) is 29.0. The van der Waals surface area contributed by atoms with E-state index in [4.69, 9.17) is 5.26 Å². The highest BCUT2D eigenvalue weighted by atomic mass is 32.2. The quantitative estimate of drug-likeness (QED) is 0.464. The van der Waals surface area contributed by atoms with Crippen molar-refractivity contribution in [3.63, 3.8) is 0 Å². The van der Waals surface area contributed by atoms with E-state index in [1.54, 1.807) is 28.8 Å². The molecular formula is C29H31FN6O2S. The second-order valence-corrected chi connectivity index (χ2v) is 11.7. The van der Waals surface area contributed by atoms with Crippen LogP contribution in [0.1, 0.15) is 18.9 Å². The molecule has 1 spiro atoms. The number of anilines is 2. The Balaban J connectivity index is 1.26. The Morgan fingerprint density at radius 2 is 2.05 bits per heavy atom. The predicted octanol–water partition coefficient (Wildman–Crippen LogP) is 3.37. The largest absolute Gasteiger partial charge is 0.381 e. The number of hydrogen-bond donors (Lipinski definition) is 2. The lowest BCUT2D eigenvalue weighted by molar-refractivity contribution is -0.141. The lowest BCUT2D eigenvalue weighted by Crippen LogP contribution is -2.64. The standard InChI is InChI=1S/C29H31FN6O2S/c1-3-36-28(38)20-16-23(26(20)39-29(36)21(17-32)25(29)27(37)33-13-12-31)34-19-8-6-7-18(15-19)11-14-35(2)24-10-5-4-9-22(24)30/h4-10,15,20-21,23,25-26,34H,3,11,13-14,16H2,1-2H3,(H,33,37). The molecule has 1 heterocycles. The van der Waals surface area contributed by atoms with E-state index in [0.717, 1.165) is 17.7 Å². The Hall–Kier alpha value is -3.76. The van der Waals surface area contributed by atoms with Crippen LogP contribution in [0.5, 0.6) is 0 Å². The van der Waals surface area contributed by atoms with E-state index in [-0.39, 0.29) is 41.4 Å². The van der Waals surface area contributed by atoms with Gasteiger partial charge < -0.3 is 20.4 Å². The Bertz CT molecular complexity index is 1360. The van der Waals surface area contributed by atoms with Crippen LogP contribution in [0.4, 0.5) is 15.8 Å². The Labute approximate surface area is 232 Å². The van der Waals surface area contributed by atoms with Gasteiger partial charge in [0, 0.05) is 37.1 Å². The number of nitrogens with zero attached hydrogens (tertiary/aromatic N) is 4. The van der Waals surface area contributed by atoms with Gasteiger partial charge in [0.15, 0.2) is 0 Å². The number of carbonyl (C=O) groups is 2. The molecule has 39 heavy (non-hydrogen) atoms. The summed E-state index contributed by atoms with van der Waals surface area (Å²) in [5.41, 5.74) is 2.62. The van der Waals surface area contributed by atoms with E-state index in [0.29, 0.717) is 25.2 Å². The normalized spacial score (nSPS) is 28.5. The molecule has 0 aromatic heterocycles. The molecule has 0 radical (unpaired) electrons. The number of nitrogens with one attached hydrogen (secondary N) is 2. The monoisotopic (exact) mass is 546 g/mol. The molecule has 5 rings (SSSR count). The van der Waals surface area contributed by atoms with Crippen LogP contribution in [0.25, 0.3) is 0 Å². The van der Waals surface area contributed by atoms with Gasteiger partial charge in [0.1, 0.15) is 17.2 Å². The lowest BCUT2D eigenvalue weighted by atomic mass is 9.78. The van der Waals surface area contributed by atoms with Crippen LogP contribution in [-0.2, 0) is 16.0 Å². The van der Waals surface area contributed by atoms with E-state index in [1.165, 1.54) is 6.07 Å². The summed E-state index contributed by atoms with van der Waals surface area (Å²) in [6.45, 7) is 2.83. The van der Waals surface area contributed by atoms with Gasteiger partial charge in [-0.15, -0.1) is 11.8 Å². The lowest BCUT2D eigenvalue weighted by Gasteiger charge is -2.53. The molecule has 8 nitrogen and oxygen atoms in total. The van der Waals surface area contributed by atoms with Gasteiger partial charge in [0.25, 0.3) is 0 Å². The SMILES string of the molecule is CCN1C(=O)C2CC(Nc3cccc(CCN(C)c4ccccc4F)c3)C2SC12C(C#N)C2C(=O)NCC#N. The van der Waals surface area contributed by atoms with Crippen LogP contribution in [0.3, 0.4) is 0 Å². The van der Waals surface area contributed by atoms with Crippen molar-refractivity contribution in [2.75, 3.05) is 36.9 Å².